The predicted molar refractivity (Wildman–Crippen MR) is 74.3 cm³/mol. The van der Waals surface area contributed by atoms with E-state index < -0.39 is 5.97 Å². The van der Waals surface area contributed by atoms with Crippen LogP contribution in [0.3, 0.4) is 0 Å². The van der Waals surface area contributed by atoms with E-state index in [4.69, 9.17) is 5.11 Å². The minimum Gasteiger partial charge on any atom is -0.480 e. The highest BCUT2D eigenvalue weighted by atomic mass is 16.4. The second-order valence-electron chi connectivity index (χ2n) is 5.38. The lowest BCUT2D eigenvalue weighted by molar-refractivity contribution is -0.137. The van der Waals surface area contributed by atoms with Crippen LogP contribution < -0.4 is 5.32 Å². The topological polar surface area (TPSA) is 84.2 Å². The third-order valence-electron chi connectivity index (χ3n) is 3.70. The predicted octanol–water partition coefficient (Wildman–Crippen LogP) is 2.27. The third-order valence-corrected chi connectivity index (χ3v) is 3.70. The molecule has 0 saturated heterocycles. The molecule has 0 unspecified atom stereocenters. The standard InChI is InChI=1S/C14H21N3O3/c18-13(7-3-6-11-4-1-2-5-11)15-12-8-9-17(16-12)10-14(19)20/h8-9,11H,1-7,10H2,(H,19,20)(H,15,16,18). The largest absolute Gasteiger partial charge is 0.480 e. The molecule has 0 atom stereocenters. The number of carbonyl (C=O) groups is 2. The normalized spacial score (nSPS) is 15.4. The number of carbonyl (C=O) groups excluding carboxylic acids is 1. The van der Waals surface area contributed by atoms with Crippen LogP contribution in [-0.2, 0) is 16.1 Å². The Labute approximate surface area is 118 Å². The van der Waals surface area contributed by atoms with Crippen LogP contribution in [0, 0.1) is 5.92 Å². The number of amides is 1. The molecule has 0 aliphatic heterocycles. The number of nitrogens with zero attached hydrogens (tertiary/aromatic N) is 2. The Kier molecular flexibility index (Phi) is 5.15. The maximum atomic E-state index is 11.7. The monoisotopic (exact) mass is 279 g/mol. The summed E-state index contributed by atoms with van der Waals surface area (Å²) in [5, 5.41) is 15.3. The van der Waals surface area contributed by atoms with E-state index in [1.165, 1.54) is 30.4 Å². The summed E-state index contributed by atoms with van der Waals surface area (Å²) in [5.74, 6) is 0.209. The number of carboxylic acids is 1. The molecule has 1 aliphatic carbocycles. The highest BCUT2D eigenvalue weighted by molar-refractivity contribution is 5.89. The molecule has 0 radical (unpaired) electrons. The Morgan fingerprint density at radius 2 is 2.15 bits per heavy atom. The highest BCUT2D eigenvalue weighted by Gasteiger charge is 2.15. The van der Waals surface area contributed by atoms with Gasteiger partial charge in [-0.2, -0.15) is 5.10 Å². The van der Waals surface area contributed by atoms with Crippen molar-refractivity contribution >= 4 is 17.7 Å². The molecule has 1 amide bonds. The average Bonchev–Trinajstić information content (AvgIpc) is 3.00. The minimum atomic E-state index is -0.956. The second kappa shape index (κ2) is 7.07. The fourth-order valence-corrected chi connectivity index (χ4v) is 2.71. The summed E-state index contributed by atoms with van der Waals surface area (Å²) in [7, 11) is 0. The summed E-state index contributed by atoms with van der Waals surface area (Å²) >= 11 is 0. The van der Waals surface area contributed by atoms with Crippen LogP contribution in [0.15, 0.2) is 12.3 Å². The van der Waals surface area contributed by atoms with Gasteiger partial charge in [0.2, 0.25) is 5.91 Å². The molecule has 0 aromatic carbocycles. The zero-order chi connectivity index (χ0) is 14.4. The van der Waals surface area contributed by atoms with Crippen molar-refractivity contribution in [3.05, 3.63) is 12.3 Å². The number of carboxylic acid groups (broad SMARTS) is 1. The van der Waals surface area contributed by atoms with Crippen LogP contribution in [-0.4, -0.2) is 26.8 Å². The first-order valence-corrected chi connectivity index (χ1v) is 7.18. The summed E-state index contributed by atoms with van der Waals surface area (Å²) in [5.41, 5.74) is 0. The Morgan fingerprint density at radius 1 is 1.40 bits per heavy atom. The molecule has 1 saturated carbocycles. The van der Waals surface area contributed by atoms with E-state index in [1.54, 1.807) is 12.3 Å². The van der Waals surface area contributed by atoms with Gasteiger partial charge in [-0.15, -0.1) is 0 Å². The molecule has 110 valence electrons. The lowest BCUT2D eigenvalue weighted by Crippen LogP contribution is -2.13. The molecule has 1 aliphatic rings. The molecular weight excluding hydrogens is 258 g/mol. The lowest BCUT2D eigenvalue weighted by Gasteiger charge is -2.07. The molecule has 1 heterocycles. The smallest absolute Gasteiger partial charge is 0.325 e. The van der Waals surface area contributed by atoms with Crippen molar-refractivity contribution in [3.63, 3.8) is 0 Å². The number of hydrogen-bond acceptors (Lipinski definition) is 3. The van der Waals surface area contributed by atoms with Gasteiger partial charge in [-0.25, -0.2) is 0 Å². The van der Waals surface area contributed by atoms with Crippen LogP contribution in [0.4, 0.5) is 5.82 Å². The first kappa shape index (κ1) is 14.6. The molecule has 20 heavy (non-hydrogen) atoms. The van der Waals surface area contributed by atoms with E-state index >= 15 is 0 Å². The highest BCUT2D eigenvalue weighted by Crippen LogP contribution is 2.28. The lowest BCUT2D eigenvalue weighted by atomic mass is 10.0. The van der Waals surface area contributed by atoms with Gasteiger partial charge in [0.1, 0.15) is 6.54 Å². The van der Waals surface area contributed by atoms with E-state index in [1.807, 2.05) is 0 Å². The number of anilines is 1. The van der Waals surface area contributed by atoms with E-state index in [-0.39, 0.29) is 12.5 Å². The van der Waals surface area contributed by atoms with Gasteiger partial charge >= 0.3 is 5.97 Å². The van der Waals surface area contributed by atoms with Crippen molar-refractivity contribution in [2.45, 2.75) is 51.5 Å². The zero-order valence-electron chi connectivity index (χ0n) is 11.5. The second-order valence-corrected chi connectivity index (χ2v) is 5.38. The van der Waals surface area contributed by atoms with Gasteiger partial charge in [-0.1, -0.05) is 25.7 Å². The molecule has 0 spiro atoms. The van der Waals surface area contributed by atoms with Gasteiger partial charge in [0.05, 0.1) is 0 Å². The fourth-order valence-electron chi connectivity index (χ4n) is 2.71. The Hall–Kier alpha value is -1.85. The maximum Gasteiger partial charge on any atom is 0.325 e. The van der Waals surface area contributed by atoms with E-state index in [0.717, 1.165) is 18.8 Å². The van der Waals surface area contributed by atoms with Gasteiger partial charge < -0.3 is 10.4 Å². The van der Waals surface area contributed by atoms with Crippen LogP contribution in [0.1, 0.15) is 44.9 Å². The van der Waals surface area contributed by atoms with Crippen molar-refractivity contribution in [2.24, 2.45) is 5.92 Å². The Balaban J connectivity index is 1.68. The molecule has 2 rings (SSSR count). The van der Waals surface area contributed by atoms with E-state index in [9.17, 15) is 9.59 Å². The summed E-state index contributed by atoms with van der Waals surface area (Å²) in [6.07, 6.45) is 9.36. The first-order chi connectivity index (χ1) is 9.63. The van der Waals surface area contributed by atoms with Gasteiger partial charge in [-0.3, -0.25) is 14.3 Å². The first-order valence-electron chi connectivity index (χ1n) is 7.18. The number of aliphatic carboxylic acids is 1. The molecule has 1 aromatic heterocycles. The molecule has 1 aromatic rings. The summed E-state index contributed by atoms with van der Waals surface area (Å²) in [6, 6.07) is 1.61. The van der Waals surface area contributed by atoms with Crippen molar-refractivity contribution in [2.75, 3.05) is 5.32 Å². The number of rotatable bonds is 7. The molecular formula is C14H21N3O3. The van der Waals surface area contributed by atoms with Crippen LogP contribution in [0.25, 0.3) is 0 Å². The molecule has 6 heteroatoms. The van der Waals surface area contributed by atoms with E-state index in [2.05, 4.69) is 10.4 Å². The third kappa shape index (κ3) is 4.68. The Morgan fingerprint density at radius 3 is 2.85 bits per heavy atom. The summed E-state index contributed by atoms with van der Waals surface area (Å²) in [4.78, 5) is 22.3. The van der Waals surface area contributed by atoms with Crippen LogP contribution in [0.5, 0.6) is 0 Å². The van der Waals surface area contributed by atoms with Crippen molar-refractivity contribution in [3.8, 4) is 0 Å². The summed E-state index contributed by atoms with van der Waals surface area (Å²) in [6.45, 7) is -0.197. The maximum absolute atomic E-state index is 11.7. The number of aromatic nitrogens is 2. The van der Waals surface area contributed by atoms with Gasteiger partial charge in [0, 0.05) is 18.7 Å². The fraction of sp³-hybridized carbons (Fsp3) is 0.643. The minimum absolute atomic E-state index is 0.0522. The number of nitrogens with one attached hydrogen (secondary N) is 1. The van der Waals surface area contributed by atoms with E-state index in [0.29, 0.717) is 12.2 Å². The molecule has 0 bridgehead atoms. The summed E-state index contributed by atoms with van der Waals surface area (Å²) < 4.78 is 1.29. The van der Waals surface area contributed by atoms with Crippen molar-refractivity contribution < 1.29 is 14.7 Å². The van der Waals surface area contributed by atoms with Gasteiger partial charge in [0.25, 0.3) is 0 Å². The van der Waals surface area contributed by atoms with Gasteiger partial charge in [0.15, 0.2) is 5.82 Å². The quantitative estimate of drug-likeness (QED) is 0.802. The molecule has 2 N–H and O–H groups in total. The average molecular weight is 279 g/mol. The zero-order valence-corrected chi connectivity index (χ0v) is 11.5. The SMILES string of the molecule is O=C(O)Cn1ccc(NC(=O)CCCC2CCCC2)n1. The van der Waals surface area contributed by atoms with Crippen LogP contribution >= 0.6 is 0 Å². The van der Waals surface area contributed by atoms with Crippen molar-refractivity contribution in [1.82, 2.24) is 9.78 Å². The van der Waals surface area contributed by atoms with Crippen molar-refractivity contribution in [1.29, 1.82) is 0 Å². The number of hydrogen-bond donors (Lipinski definition) is 2. The molecule has 6 nitrogen and oxygen atoms in total. The molecule has 1 fully saturated rings. The Bertz CT molecular complexity index is 464. The van der Waals surface area contributed by atoms with Gasteiger partial charge in [-0.05, 0) is 18.8 Å². The van der Waals surface area contributed by atoms with Crippen LogP contribution in [0.2, 0.25) is 0 Å².